The van der Waals surface area contributed by atoms with Crippen LogP contribution in [0, 0.1) is 0 Å². The molecule has 7 nitrogen and oxygen atoms in total. The summed E-state index contributed by atoms with van der Waals surface area (Å²) in [7, 11) is 1.65. The van der Waals surface area contributed by atoms with Gasteiger partial charge in [0, 0.05) is 32.5 Å². The number of aliphatic hydroxyl groups excluding tert-OH is 1. The molecule has 2 aliphatic heterocycles. The standard InChI is InChI=1S/C29H40O7/c1-28(31)18-27(13-15-34-19-22-6-4-3-5-7-22)36-29(21-28)17-24(30)16-26(35-29)12-14-33-20-23-8-10-25(32-2)11-9-23/h3-11,24,26-27,30-31H,12-21H2,1-2H3/t24-,26-,27-,28-,29+/m0/s1. The van der Waals surface area contributed by atoms with E-state index < -0.39 is 17.5 Å². The summed E-state index contributed by atoms with van der Waals surface area (Å²) in [5, 5.41) is 21.7. The van der Waals surface area contributed by atoms with Gasteiger partial charge in [-0.3, -0.25) is 0 Å². The SMILES string of the molecule is COc1ccc(COCC[C@H]2C[C@H](O)C[C@@]3(C[C@@](C)(O)C[C@H](CCOCc4ccccc4)O3)O2)cc1. The first kappa shape index (κ1) is 27.0. The number of methoxy groups -OCH3 is 1. The summed E-state index contributed by atoms with van der Waals surface area (Å²) >= 11 is 0. The molecule has 4 rings (SSSR count). The normalized spacial score (nSPS) is 30.4. The van der Waals surface area contributed by atoms with Crippen LogP contribution in [0.4, 0.5) is 0 Å². The molecule has 2 heterocycles. The maximum absolute atomic E-state index is 11.0. The second-order valence-electron chi connectivity index (χ2n) is 10.4. The Hall–Kier alpha value is -2.00. The van der Waals surface area contributed by atoms with E-state index in [1.807, 2.05) is 61.5 Å². The van der Waals surface area contributed by atoms with E-state index in [0.717, 1.165) is 16.9 Å². The van der Waals surface area contributed by atoms with Crippen LogP contribution in [0.3, 0.4) is 0 Å². The summed E-state index contributed by atoms with van der Waals surface area (Å²) in [6, 6.07) is 17.8. The Morgan fingerprint density at radius 3 is 2.14 bits per heavy atom. The van der Waals surface area contributed by atoms with Crippen molar-refractivity contribution < 1.29 is 33.9 Å². The van der Waals surface area contributed by atoms with Gasteiger partial charge in [-0.1, -0.05) is 42.5 Å². The van der Waals surface area contributed by atoms with Crippen LogP contribution in [0.5, 0.6) is 5.75 Å². The van der Waals surface area contributed by atoms with E-state index in [4.69, 9.17) is 23.7 Å². The highest BCUT2D eigenvalue weighted by molar-refractivity contribution is 5.26. The minimum absolute atomic E-state index is 0.200. The van der Waals surface area contributed by atoms with Crippen molar-refractivity contribution in [2.75, 3.05) is 20.3 Å². The molecular formula is C29H40O7. The molecule has 0 aromatic heterocycles. The molecule has 1 spiro atoms. The van der Waals surface area contributed by atoms with Crippen LogP contribution < -0.4 is 4.74 Å². The zero-order chi connectivity index (χ0) is 25.4. The van der Waals surface area contributed by atoms with Gasteiger partial charge in [0.05, 0.1) is 44.2 Å². The summed E-state index contributed by atoms with van der Waals surface area (Å²) in [6.45, 7) is 3.90. The first-order chi connectivity index (χ1) is 17.3. The van der Waals surface area contributed by atoms with Gasteiger partial charge in [0.1, 0.15) is 5.75 Å². The summed E-state index contributed by atoms with van der Waals surface area (Å²) in [5.41, 5.74) is 1.26. The molecule has 0 amide bonds. The van der Waals surface area contributed by atoms with E-state index in [-0.39, 0.29) is 12.2 Å². The van der Waals surface area contributed by atoms with Gasteiger partial charge < -0.3 is 33.9 Å². The Labute approximate surface area is 214 Å². The van der Waals surface area contributed by atoms with Gasteiger partial charge in [-0.2, -0.15) is 0 Å². The highest BCUT2D eigenvalue weighted by Gasteiger charge is 2.51. The minimum atomic E-state index is -0.996. The molecule has 0 radical (unpaired) electrons. The van der Waals surface area contributed by atoms with Gasteiger partial charge in [-0.25, -0.2) is 0 Å². The molecular weight excluding hydrogens is 460 g/mol. The second-order valence-corrected chi connectivity index (χ2v) is 10.4. The predicted molar refractivity (Wildman–Crippen MR) is 136 cm³/mol. The van der Waals surface area contributed by atoms with Gasteiger partial charge in [0.25, 0.3) is 0 Å². The molecule has 0 aliphatic carbocycles. The van der Waals surface area contributed by atoms with Crippen LogP contribution in [0.25, 0.3) is 0 Å². The van der Waals surface area contributed by atoms with Crippen LogP contribution in [-0.4, -0.2) is 60.2 Å². The maximum Gasteiger partial charge on any atom is 0.174 e. The van der Waals surface area contributed by atoms with Crippen molar-refractivity contribution in [3.05, 3.63) is 65.7 Å². The lowest BCUT2D eigenvalue weighted by molar-refractivity contribution is -0.351. The highest BCUT2D eigenvalue weighted by Crippen LogP contribution is 2.44. The lowest BCUT2D eigenvalue weighted by Gasteiger charge is -2.51. The summed E-state index contributed by atoms with van der Waals surface area (Å²) in [5.74, 6) is -0.178. The topological polar surface area (TPSA) is 86.6 Å². The predicted octanol–water partition coefficient (Wildman–Crippen LogP) is 4.38. The van der Waals surface area contributed by atoms with Gasteiger partial charge >= 0.3 is 0 Å². The second kappa shape index (κ2) is 12.5. The summed E-state index contributed by atoms with van der Waals surface area (Å²) in [4.78, 5) is 0. The monoisotopic (exact) mass is 500 g/mol. The molecule has 7 heteroatoms. The fourth-order valence-electron chi connectivity index (χ4n) is 5.31. The lowest BCUT2D eigenvalue weighted by atomic mass is 9.81. The Morgan fingerprint density at radius 1 is 0.861 bits per heavy atom. The quantitative estimate of drug-likeness (QED) is 0.443. The third kappa shape index (κ3) is 8.00. The molecule has 0 saturated carbocycles. The number of hydrogen-bond donors (Lipinski definition) is 2. The lowest BCUT2D eigenvalue weighted by Crippen LogP contribution is -2.58. The van der Waals surface area contributed by atoms with Gasteiger partial charge in [0.15, 0.2) is 5.79 Å². The Morgan fingerprint density at radius 2 is 1.47 bits per heavy atom. The molecule has 2 N–H and O–H groups in total. The third-order valence-corrected chi connectivity index (χ3v) is 6.87. The number of rotatable bonds is 11. The van der Waals surface area contributed by atoms with E-state index >= 15 is 0 Å². The van der Waals surface area contributed by atoms with E-state index in [0.29, 0.717) is 65.0 Å². The molecule has 198 valence electrons. The fraction of sp³-hybridized carbons (Fsp3) is 0.586. The van der Waals surface area contributed by atoms with Crippen LogP contribution >= 0.6 is 0 Å². The van der Waals surface area contributed by atoms with Crippen molar-refractivity contribution in [3.8, 4) is 5.75 Å². The van der Waals surface area contributed by atoms with E-state index in [2.05, 4.69) is 0 Å². The third-order valence-electron chi connectivity index (χ3n) is 6.87. The largest absolute Gasteiger partial charge is 0.497 e. The molecule has 0 bridgehead atoms. The highest BCUT2D eigenvalue weighted by atomic mass is 16.7. The number of benzene rings is 2. The van der Waals surface area contributed by atoms with Crippen molar-refractivity contribution in [1.29, 1.82) is 0 Å². The molecule has 36 heavy (non-hydrogen) atoms. The van der Waals surface area contributed by atoms with Gasteiger partial charge in [0.2, 0.25) is 0 Å². The first-order valence-electron chi connectivity index (χ1n) is 12.9. The van der Waals surface area contributed by atoms with Crippen molar-refractivity contribution in [2.24, 2.45) is 0 Å². The zero-order valence-electron chi connectivity index (χ0n) is 21.4. The molecule has 2 saturated heterocycles. The summed E-state index contributed by atoms with van der Waals surface area (Å²) in [6.07, 6.45) is 2.08. The van der Waals surface area contributed by atoms with Gasteiger partial charge in [-0.15, -0.1) is 0 Å². The fourth-order valence-corrected chi connectivity index (χ4v) is 5.31. The molecule has 2 aromatic rings. The minimum Gasteiger partial charge on any atom is -0.497 e. The summed E-state index contributed by atoms with van der Waals surface area (Å²) < 4.78 is 29.8. The Kier molecular flexibility index (Phi) is 9.39. The number of ether oxygens (including phenoxy) is 5. The molecule has 0 unspecified atom stereocenters. The average Bonchev–Trinajstić information content (AvgIpc) is 2.84. The van der Waals surface area contributed by atoms with E-state index in [1.165, 1.54) is 0 Å². The molecule has 2 fully saturated rings. The zero-order valence-corrected chi connectivity index (χ0v) is 21.4. The first-order valence-corrected chi connectivity index (χ1v) is 12.9. The maximum atomic E-state index is 11.0. The van der Waals surface area contributed by atoms with Crippen LogP contribution in [-0.2, 0) is 32.2 Å². The van der Waals surface area contributed by atoms with E-state index in [9.17, 15) is 10.2 Å². The average molecular weight is 501 g/mol. The van der Waals surface area contributed by atoms with Crippen molar-refractivity contribution in [2.45, 2.75) is 88.4 Å². The molecule has 2 aliphatic rings. The molecule has 2 aromatic carbocycles. The Bertz CT molecular complexity index is 917. The molecule has 5 atom stereocenters. The smallest absolute Gasteiger partial charge is 0.174 e. The van der Waals surface area contributed by atoms with Crippen molar-refractivity contribution >= 4 is 0 Å². The van der Waals surface area contributed by atoms with Crippen molar-refractivity contribution in [3.63, 3.8) is 0 Å². The van der Waals surface area contributed by atoms with Crippen LogP contribution in [0.2, 0.25) is 0 Å². The van der Waals surface area contributed by atoms with Crippen molar-refractivity contribution in [1.82, 2.24) is 0 Å². The number of aliphatic hydroxyl groups is 2. The number of hydrogen-bond acceptors (Lipinski definition) is 7. The van der Waals surface area contributed by atoms with Gasteiger partial charge in [-0.05, 0) is 49.4 Å². The van der Waals surface area contributed by atoms with Crippen LogP contribution in [0.1, 0.15) is 56.6 Å². The Balaban J connectivity index is 1.26. The van der Waals surface area contributed by atoms with Crippen LogP contribution in [0.15, 0.2) is 54.6 Å². The van der Waals surface area contributed by atoms with E-state index in [1.54, 1.807) is 7.11 Å².